The average molecular weight is 568 g/mol. The molecule has 1 fully saturated rings. The number of benzene rings is 2. The van der Waals surface area contributed by atoms with Crippen molar-refractivity contribution in [3.63, 3.8) is 0 Å². The van der Waals surface area contributed by atoms with Crippen LogP contribution in [0.3, 0.4) is 0 Å². The van der Waals surface area contributed by atoms with Gasteiger partial charge in [0.05, 0.1) is 6.04 Å². The molecule has 2 aromatic rings. The molecule has 3 rings (SSSR count). The molecule has 11 heteroatoms. The van der Waals surface area contributed by atoms with E-state index in [1.165, 1.54) is 4.90 Å². The second-order valence-electron chi connectivity index (χ2n) is 10.8. The average Bonchev–Trinajstić information content (AvgIpc) is 3.43. The summed E-state index contributed by atoms with van der Waals surface area (Å²) in [7, 11) is 0. The van der Waals surface area contributed by atoms with Crippen molar-refractivity contribution in [1.29, 1.82) is 0 Å². The van der Waals surface area contributed by atoms with E-state index in [0.717, 1.165) is 11.1 Å². The molecule has 1 saturated heterocycles. The van der Waals surface area contributed by atoms with E-state index in [-0.39, 0.29) is 12.8 Å². The van der Waals surface area contributed by atoms with Crippen LogP contribution in [-0.4, -0.2) is 70.7 Å². The minimum Gasteiger partial charge on any atom is -0.480 e. The van der Waals surface area contributed by atoms with Gasteiger partial charge in [-0.2, -0.15) is 0 Å². The highest BCUT2D eigenvalue weighted by Gasteiger charge is 2.35. The minimum absolute atomic E-state index is 0.169. The second-order valence-corrected chi connectivity index (χ2v) is 10.8. The van der Waals surface area contributed by atoms with Crippen LogP contribution in [0.15, 0.2) is 60.7 Å². The monoisotopic (exact) mass is 567 g/mol. The predicted octanol–water partition coefficient (Wildman–Crippen LogP) is 3.18. The Hall–Kier alpha value is -4.41. The molecule has 220 valence electrons. The third kappa shape index (κ3) is 9.63. The zero-order valence-corrected chi connectivity index (χ0v) is 23.5. The van der Waals surface area contributed by atoms with Gasteiger partial charge in [0.2, 0.25) is 5.91 Å². The normalized spacial score (nSPS) is 15.6. The molecule has 3 amide bonds. The summed E-state index contributed by atoms with van der Waals surface area (Å²) in [5, 5.41) is 14.7. The largest absolute Gasteiger partial charge is 0.480 e. The number of rotatable bonds is 11. The first-order valence-corrected chi connectivity index (χ1v) is 13.5. The van der Waals surface area contributed by atoms with E-state index in [1.807, 2.05) is 60.7 Å². The molecule has 11 nitrogen and oxygen atoms in total. The van der Waals surface area contributed by atoms with Gasteiger partial charge in [-0.3, -0.25) is 9.59 Å². The van der Waals surface area contributed by atoms with E-state index < -0.39 is 60.2 Å². The highest BCUT2D eigenvalue weighted by molar-refractivity contribution is 5.87. The van der Waals surface area contributed by atoms with Crippen molar-refractivity contribution < 1.29 is 38.6 Å². The van der Waals surface area contributed by atoms with Gasteiger partial charge in [0.25, 0.3) is 5.91 Å². The quantitative estimate of drug-likeness (QED) is 0.350. The Morgan fingerprint density at radius 2 is 1.54 bits per heavy atom. The van der Waals surface area contributed by atoms with E-state index in [0.29, 0.717) is 19.4 Å². The van der Waals surface area contributed by atoms with Crippen molar-refractivity contribution in [3.8, 4) is 0 Å². The van der Waals surface area contributed by atoms with Crippen LogP contribution >= 0.6 is 0 Å². The van der Waals surface area contributed by atoms with Crippen LogP contribution < -0.4 is 10.6 Å². The number of likely N-dealkylation sites (tertiary alicyclic amines) is 1. The lowest BCUT2D eigenvalue weighted by molar-refractivity contribution is -0.151. The Morgan fingerprint density at radius 1 is 0.951 bits per heavy atom. The van der Waals surface area contributed by atoms with E-state index >= 15 is 0 Å². The minimum atomic E-state index is -1.30. The first kappa shape index (κ1) is 31.1. The van der Waals surface area contributed by atoms with Gasteiger partial charge < -0.3 is 30.1 Å². The fourth-order valence-corrected chi connectivity index (χ4v) is 4.52. The molecule has 3 N–H and O–H groups in total. The van der Waals surface area contributed by atoms with Gasteiger partial charge >= 0.3 is 18.0 Å². The van der Waals surface area contributed by atoms with E-state index in [9.17, 15) is 29.1 Å². The fraction of sp³-hybridized carbons (Fsp3) is 0.433. The molecule has 0 aliphatic carbocycles. The first-order chi connectivity index (χ1) is 19.4. The van der Waals surface area contributed by atoms with Gasteiger partial charge in [-0.15, -0.1) is 0 Å². The molecule has 1 aliphatic heterocycles. The zero-order chi connectivity index (χ0) is 30.0. The maximum atomic E-state index is 13.0. The van der Waals surface area contributed by atoms with Gasteiger partial charge in [-0.25, -0.2) is 14.4 Å². The summed E-state index contributed by atoms with van der Waals surface area (Å²) in [5.41, 5.74) is 0.827. The predicted molar refractivity (Wildman–Crippen MR) is 149 cm³/mol. The van der Waals surface area contributed by atoms with Gasteiger partial charge in [-0.05, 0) is 51.2 Å². The fourth-order valence-electron chi connectivity index (χ4n) is 4.52. The van der Waals surface area contributed by atoms with Crippen LogP contribution in [0.25, 0.3) is 0 Å². The standard InChI is InChI=1S/C30H37N3O8/c1-30(2,3)41-29(39)31-22(16-17-25(35)33-18-10-15-23(33)27(36)37)28(38)40-19-24(34)32-26(20-11-6-4-7-12-20)21-13-8-5-9-14-21/h4-9,11-14,22-23,26H,10,15-19H2,1-3H3,(H,31,39)(H,32,34)(H,36,37)/t22-,23-/m0/s1. The topological polar surface area (TPSA) is 151 Å². The lowest BCUT2D eigenvalue weighted by atomic mass is 9.99. The number of nitrogens with one attached hydrogen (secondary N) is 2. The number of alkyl carbamates (subject to hydrolysis) is 1. The molecule has 2 aromatic carbocycles. The van der Waals surface area contributed by atoms with Gasteiger partial charge in [0.15, 0.2) is 6.61 Å². The maximum Gasteiger partial charge on any atom is 0.408 e. The van der Waals surface area contributed by atoms with Crippen molar-refractivity contribution in [2.24, 2.45) is 0 Å². The summed E-state index contributed by atoms with van der Waals surface area (Å²) < 4.78 is 10.5. The van der Waals surface area contributed by atoms with Crippen LogP contribution in [0.2, 0.25) is 0 Å². The van der Waals surface area contributed by atoms with Crippen LogP contribution in [0.5, 0.6) is 0 Å². The van der Waals surface area contributed by atoms with E-state index in [1.54, 1.807) is 20.8 Å². The van der Waals surface area contributed by atoms with E-state index in [2.05, 4.69) is 10.6 Å². The van der Waals surface area contributed by atoms with Gasteiger partial charge in [0, 0.05) is 13.0 Å². The van der Waals surface area contributed by atoms with Crippen LogP contribution in [0.1, 0.15) is 63.6 Å². The van der Waals surface area contributed by atoms with Crippen molar-refractivity contribution in [2.75, 3.05) is 13.2 Å². The number of nitrogens with zero attached hydrogens (tertiary/aromatic N) is 1. The second kappa shape index (κ2) is 14.3. The maximum absolute atomic E-state index is 13.0. The lowest BCUT2D eigenvalue weighted by Gasteiger charge is -2.25. The molecule has 0 unspecified atom stereocenters. The molecular weight excluding hydrogens is 530 g/mol. The van der Waals surface area contributed by atoms with Gasteiger partial charge in [0.1, 0.15) is 17.7 Å². The number of amides is 3. The summed E-state index contributed by atoms with van der Waals surface area (Å²) in [4.78, 5) is 63.8. The summed E-state index contributed by atoms with van der Waals surface area (Å²) in [6, 6.07) is 15.9. The molecular formula is C30H37N3O8. The van der Waals surface area contributed by atoms with Crippen molar-refractivity contribution in [2.45, 2.75) is 70.2 Å². The van der Waals surface area contributed by atoms with E-state index in [4.69, 9.17) is 9.47 Å². The number of carbonyl (C=O) groups is 5. The number of esters is 1. The molecule has 0 saturated carbocycles. The number of hydrogen-bond acceptors (Lipinski definition) is 7. The Morgan fingerprint density at radius 3 is 2.07 bits per heavy atom. The van der Waals surface area contributed by atoms with Crippen LogP contribution in [0.4, 0.5) is 4.79 Å². The summed E-state index contributed by atoms with van der Waals surface area (Å²) in [6.07, 6.45) is -0.362. The third-order valence-electron chi connectivity index (χ3n) is 6.40. The number of carboxylic acid groups (broad SMARTS) is 1. The van der Waals surface area contributed by atoms with Crippen LogP contribution in [0, 0.1) is 0 Å². The Kier molecular flexibility index (Phi) is 10.8. The molecule has 0 aromatic heterocycles. The van der Waals surface area contributed by atoms with Crippen molar-refractivity contribution in [1.82, 2.24) is 15.5 Å². The van der Waals surface area contributed by atoms with Crippen molar-refractivity contribution >= 4 is 29.8 Å². The Balaban J connectivity index is 1.65. The molecule has 2 atom stereocenters. The number of hydrogen-bond donors (Lipinski definition) is 3. The highest BCUT2D eigenvalue weighted by Crippen LogP contribution is 2.22. The molecule has 0 radical (unpaired) electrons. The van der Waals surface area contributed by atoms with Gasteiger partial charge in [-0.1, -0.05) is 60.7 Å². The number of carboxylic acids is 1. The first-order valence-electron chi connectivity index (χ1n) is 13.5. The molecule has 1 heterocycles. The zero-order valence-electron chi connectivity index (χ0n) is 23.5. The van der Waals surface area contributed by atoms with Crippen LogP contribution in [-0.2, 0) is 28.7 Å². The molecule has 1 aliphatic rings. The molecule has 0 bridgehead atoms. The number of aliphatic carboxylic acids is 1. The summed E-state index contributed by atoms with van der Waals surface area (Å²) >= 11 is 0. The Labute approximate surface area is 239 Å². The van der Waals surface area contributed by atoms with Crippen molar-refractivity contribution in [3.05, 3.63) is 71.8 Å². The Bertz CT molecular complexity index is 1170. The molecule has 41 heavy (non-hydrogen) atoms. The summed E-state index contributed by atoms with van der Waals surface area (Å²) in [6.45, 7) is 4.65. The third-order valence-corrected chi connectivity index (χ3v) is 6.40. The lowest BCUT2D eigenvalue weighted by Crippen LogP contribution is -2.46. The smallest absolute Gasteiger partial charge is 0.408 e. The SMILES string of the molecule is CC(C)(C)OC(=O)N[C@@H](CCC(=O)N1CCC[C@H]1C(=O)O)C(=O)OCC(=O)NC(c1ccccc1)c1ccccc1. The highest BCUT2D eigenvalue weighted by atomic mass is 16.6. The molecule has 0 spiro atoms. The summed E-state index contributed by atoms with van der Waals surface area (Å²) in [5.74, 6) is -3.03. The number of ether oxygens (including phenoxy) is 2. The number of carbonyl (C=O) groups excluding carboxylic acids is 4.